The highest BCUT2D eigenvalue weighted by atomic mass is 15.1. The van der Waals surface area contributed by atoms with E-state index >= 15 is 0 Å². The normalized spacial score (nSPS) is 11.1. The molecule has 2 aromatic carbocycles. The number of benzene rings is 2. The summed E-state index contributed by atoms with van der Waals surface area (Å²) in [5.41, 5.74) is 5.37. The Kier molecular flexibility index (Phi) is 3.31. The third-order valence-electron chi connectivity index (χ3n) is 4.19. The van der Waals surface area contributed by atoms with Gasteiger partial charge in [-0.3, -0.25) is 9.55 Å². The van der Waals surface area contributed by atoms with Crippen LogP contribution < -0.4 is 5.32 Å². The highest BCUT2D eigenvalue weighted by Crippen LogP contribution is 2.23. The molecule has 5 aromatic rings. The number of imidazole rings is 1. The first-order chi connectivity index (χ1) is 12.9. The molecule has 0 amide bonds. The predicted molar refractivity (Wildman–Crippen MR) is 102 cm³/mol. The summed E-state index contributed by atoms with van der Waals surface area (Å²) in [5, 5.41) is 3.31. The van der Waals surface area contributed by atoms with Crippen molar-refractivity contribution in [3.8, 4) is 5.69 Å². The Hall–Kier alpha value is -3.80. The Morgan fingerprint density at radius 3 is 2.58 bits per heavy atom. The predicted octanol–water partition coefficient (Wildman–Crippen LogP) is 4.11. The van der Waals surface area contributed by atoms with Gasteiger partial charge in [0, 0.05) is 23.8 Å². The van der Waals surface area contributed by atoms with Crippen molar-refractivity contribution >= 4 is 33.7 Å². The maximum absolute atomic E-state index is 4.53. The largest absolute Gasteiger partial charge is 0.340 e. The highest BCUT2D eigenvalue weighted by molar-refractivity contribution is 5.82. The fourth-order valence-corrected chi connectivity index (χ4v) is 2.96. The summed E-state index contributed by atoms with van der Waals surface area (Å²) in [4.78, 5) is 17.5. The lowest BCUT2D eigenvalue weighted by molar-refractivity contribution is 1.09. The minimum Gasteiger partial charge on any atom is -0.340 e. The smallest absolute Gasteiger partial charge is 0.180 e. The van der Waals surface area contributed by atoms with Crippen molar-refractivity contribution in [3.05, 3.63) is 79.4 Å². The van der Waals surface area contributed by atoms with Crippen LogP contribution in [-0.4, -0.2) is 24.5 Å². The molecule has 0 saturated heterocycles. The SMILES string of the molecule is c1ccc(-n2cnc3cc(Nc4ccc5nccnc5n4)ccc32)cc1. The Morgan fingerprint density at radius 2 is 1.65 bits per heavy atom. The number of aromatic nitrogens is 5. The summed E-state index contributed by atoms with van der Waals surface area (Å²) >= 11 is 0. The van der Waals surface area contributed by atoms with E-state index in [1.54, 1.807) is 12.4 Å². The van der Waals surface area contributed by atoms with Gasteiger partial charge >= 0.3 is 0 Å². The van der Waals surface area contributed by atoms with E-state index in [1.807, 2.05) is 48.8 Å². The lowest BCUT2D eigenvalue weighted by atomic mass is 10.2. The molecule has 0 fully saturated rings. The van der Waals surface area contributed by atoms with Crippen LogP contribution in [0.2, 0.25) is 0 Å². The molecule has 0 spiro atoms. The zero-order chi connectivity index (χ0) is 17.3. The van der Waals surface area contributed by atoms with Gasteiger partial charge in [0.15, 0.2) is 5.65 Å². The number of fused-ring (bicyclic) bond motifs is 2. The van der Waals surface area contributed by atoms with Crippen molar-refractivity contribution in [2.24, 2.45) is 0 Å². The van der Waals surface area contributed by atoms with Crippen LogP contribution in [0.3, 0.4) is 0 Å². The Morgan fingerprint density at radius 1 is 0.769 bits per heavy atom. The van der Waals surface area contributed by atoms with Crippen LogP contribution in [0.1, 0.15) is 0 Å². The van der Waals surface area contributed by atoms with Crippen LogP contribution in [-0.2, 0) is 0 Å². The zero-order valence-electron chi connectivity index (χ0n) is 13.7. The molecule has 124 valence electrons. The second-order valence-electron chi connectivity index (χ2n) is 5.87. The summed E-state index contributed by atoms with van der Waals surface area (Å²) in [5.74, 6) is 0.722. The van der Waals surface area contributed by atoms with E-state index in [-0.39, 0.29) is 0 Å². The summed E-state index contributed by atoms with van der Waals surface area (Å²) < 4.78 is 2.07. The second kappa shape index (κ2) is 5.93. The Labute approximate surface area is 149 Å². The maximum atomic E-state index is 4.53. The molecular formula is C20H14N6. The number of hydrogen-bond donors (Lipinski definition) is 1. The van der Waals surface area contributed by atoms with Gasteiger partial charge in [0.1, 0.15) is 17.7 Å². The number of hydrogen-bond acceptors (Lipinski definition) is 5. The topological polar surface area (TPSA) is 68.5 Å². The van der Waals surface area contributed by atoms with Crippen LogP contribution in [0.4, 0.5) is 11.5 Å². The van der Waals surface area contributed by atoms with Crippen LogP contribution >= 0.6 is 0 Å². The minimum absolute atomic E-state index is 0.618. The van der Waals surface area contributed by atoms with Gasteiger partial charge in [-0.1, -0.05) is 18.2 Å². The average molecular weight is 338 g/mol. The lowest BCUT2D eigenvalue weighted by Gasteiger charge is -2.07. The zero-order valence-corrected chi connectivity index (χ0v) is 13.7. The molecule has 0 atom stereocenters. The molecule has 6 heteroatoms. The number of nitrogens with one attached hydrogen (secondary N) is 1. The summed E-state index contributed by atoms with van der Waals surface area (Å²) in [6.07, 6.45) is 5.14. The maximum Gasteiger partial charge on any atom is 0.180 e. The highest BCUT2D eigenvalue weighted by Gasteiger charge is 2.06. The van der Waals surface area contributed by atoms with Crippen LogP contribution in [0.5, 0.6) is 0 Å². The van der Waals surface area contributed by atoms with E-state index in [0.717, 1.165) is 33.7 Å². The quantitative estimate of drug-likeness (QED) is 0.536. The fraction of sp³-hybridized carbons (Fsp3) is 0. The molecule has 0 saturated carbocycles. The van der Waals surface area contributed by atoms with Crippen molar-refractivity contribution in [3.63, 3.8) is 0 Å². The molecule has 0 unspecified atom stereocenters. The first kappa shape index (κ1) is 14.5. The van der Waals surface area contributed by atoms with Crippen molar-refractivity contribution in [2.45, 2.75) is 0 Å². The number of rotatable bonds is 3. The van der Waals surface area contributed by atoms with Gasteiger partial charge in [0.25, 0.3) is 0 Å². The first-order valence-corrected chi connectivity index (χ1v) is 8.24. The molecule has 5 rings (SSSR count). The molecule has 26 heavy (non-hydrogen) atoms. The summed E-state index contributed by atoms with van der Waals surface area (Å²) in [7, 11) is 0. The third kappa shape index (κ3) is 2.53. The molecule has 0 aliphatic rings. The fourth-order valence-electron chi connectivity index (χ4n) is 2.96. The number of para-hydroxylation sites is 1. The molecule has 1 N–H and O–H groups in total. The standard InChI is InChI=1S/C20H14N6/c1-2-4-15(5-3-1)26-13-23-17-12-14(6-8-18(17)26)24-19-9-7-16-20(25-19)22-11-10-21-16/h1-13H,(H,22,24,25). The molecule has 3 heterocycles. The second-order valence-corrected chi connectivity index (χ2v) is 5.87. The average Bonchev–Trinajstić information content (AvgIpc) is 3.12. The van der Waals surface area contributed by atoms with E-state index in [0.29, 0.717) is 5.65 Å². The lowest BCUT2D eigenvalue weighted by Crippen LogP contribution is -1.96. The minimum atomic E-state index is 0.618. The van der Waals surface area contributed by atoms with Crippen molar-refractivity contribution in [1.29, 1.82) is 0 Å². The Bertz CT molecular complexity index is 1210. The van der Waals surface area contributed by atoms with Gasteiger partial charge in [-0.05, 0) is 42.5 Å². The van der Waals surface area contributed by atoms with Gasteiger partial charge in [-0.2, -0.15) is 0 Å². The van der Waals surface area contributed by atoms with Crippen molar-refractivity contribution < 1.29 is 0 Å². The van der Waals surface area contributed by atoms with Gasteiger partial charge in [-0.25, -0.2) is 15.0 Å². The Balaban J connectivity index is 1.49. The molecule has 0 aliphatic heterocycles. The first-order valence-electron chi connectivity index (χ1n) is 8.24. The number of nitrogens with zero attached hydrogens (tertiary/aromatic N) is 5. The van der Waals surface area contributed by atoms with E-state index in [2.05, 4.69) is 48.0 Å². The van der Waals surface area contributed by atoms with Crippen LogP contribution in [0.25, 0.3) is 27.9 Å². The van der Waals surface area contributed by atoms with Crippen LogP contribution in [0.15, 0.2) is 79.4 Å². The number of pyridine rings is 1. The molecule has 3 aromatic heterocycles. The molecule has 6 nitrogen and oxygen atoms in total. The summed E-state index contributed by atoms with van der Waals surface area (Å²) in [6, 6.07) is 20.1. The monoisotopic (exact) mass is 338 g/mol. The third-order valence-corrected chi connectivity index (χ3v) is 4.19. The molecule has 0 radical (unpaired) electrons. The van der Waals surface area contributed by atoms with Gasteiger partial charge in [0.2, 0.25) is 0 Å². The van der Waals surface area contributed by atoms with Crippen molar-refractivity contribution in [2.75, 3.05) is 5.32 Å². The number of anilines is 2. The van der Waals surface area contributed by atoms with Crippen LogP contribution in [0, 0.1) is 0 Å². The van der Waals surface area contributed by atoms with E-state index < -0.39 is 0 Å². The van der Waals surface area contributed by atoms with Crippen molar-refractivity contribution in [1.82, 2.24) is 24.5 Å². The molecule has 0 aliphatic carbocycles. The van der Waals surface area contributed by atoms with E-state index in [4.69, 9.17) is 0 Å². The summed E-state index contributed by atoms with van der Waals surface area (Å²) in [6.45, 7) is 0. The van der Waals surface area contributed by atoms with E-state index in [9.17, 15) is 0 Å². The van der Waals surface area contributed by atoms with Gasteiger partial charge in [0.05, 0.1) is 11.0 Å². The van der Waals surface area contributed by atoms with Gasteiger partial charge in [-0.15, -0.1) is 0 Å². The van der Waals surface area contributed by atoms with E-state index in [1.165, 1.54) is 0 Å². The molecule has 0 bridgehead atoms. The van der Waals surface area contributed by atoms with Gasteiger partial charge < -0.3 is 5.32 Å². The molecular weight excluding hydrogens is 324 g/mol.